The predicted octanol–water partition coefficient (Wildman–Crippen LogP) is 5.23. The number of carbonyl (C=O) groups is 1. The summed E-state index contributed by atoms with van der Waals surface area (Å²) in [7, 11) is 0. The van der Waals surface area contributed by atoms with Crippen LogP contribution in [0.25, 0.3) is 0 Å². The zero-order chi connectivity index (χ0) is 20.1. The summed E-state index contributed by atoms with van der Waals surface area (Å²) >= 11 is 0. The fraction of sp³-hybridized carbons (Fsp3) is 0.269. The molecule has 1 N–H and O–H groups in total. The molecular formula is C26H28N2O. The lowest BCUT2D eigenvalue weighted by molar-refractivity contribution is -0.132. The van der Waals surface area contributed by atoms with Gasteiger partial charge in [-0.15, -0.1) is 0 Å². The molecule has 0 bridgehead atoms. The van der Waals surface area contributed by atoms with Crippen LogP contribution in [-0.2, 0) is 4.79 Å². The van der Waals surface area contributed by atoms with Gasteiger partial charge in [-0.25, -0.2) is 0 Å². The topological polar surface area (TPSA) is 32.3 Å². The van der Waals surface area contributed by atoms with Crippen LogP contribution in [0.4, 0.5) is 5.69 Å². The Bertz CT molecular complexity index is 892. The van der Waals surface area contributed by atoms with Gasteiger partial charge in [0.1, 0.15) is 0 Å². The highest BCUT2D eigenvalue weighted by Crippen LogP contribution is 2.28. The van der Waals surface area contributed by atoms with Crippen LogP contribution >= 0.6 is 0 Å². The summed E-state index contributed by atoms with van der Waals surface area (Å²) in [4.78, 5) is 15.6. The van der Waals surface area contributed by atoms with Crippen molar-refractivity contribution in [3.8, 4) is 0 Å². The van der Waals surface area contributed by atoms with Crippen LogP contribution in [0.5, 0.6) is 0 Å². The molecule has 0 spiro atoms. The molecule has 148 valence electrons. The molecule has 1 amide bonds. The number of rotatable bonds is 5. The largest absolute Gasteiger partial charge is 0.382 e. The third kappa shape index (κ3) is 4.68. The Morgan fingerprint density at radius 3 is 2.00 bits per heavy atom. The van der Waals surface area contributed by atoms with E-state index in [1.54, 1.807) is 0 Å². The van der Waals surface area contributed by atoms with Crippen LogP contribution in [0.2, 0.25) is 0 Å². The van der Waals surface area contributed by atoms with E-state index >= 15 is 0 Å². The molecule has 29 heavy (non-hydrogen) atoms. The van der Waals surface area contributed by atoms with E-state index in [9.17, 15) is 4.79 Å². The number of anilines is 1. The smallest absolute Gasteiger partial charge is 0.234 e. The van der Waals surface area contributed by atoms with Crippen molar-refractivity contribution in [3.05, 3.63) is 102 Å². The second-order valence-corrected chi connectivity index (χ2v) is 7.87. The highest BCUT2D eigenvalue weighted by atomic mass is 16.2. The molecule has 1 aliphatic rings. The molecule has 0 atom stereocenters. The molecular weight excluding hydrogens is 356 g/mol. The number of benzene rings is 3. The summed E-state index contributed by atoms with van der Waals surface area (Å²) in [5, 5.41) is 3.64. The minimum absolute atomic E-state index is 0.205. The summed E-state index contributed by atoms with van der Waals surface area (Å²) in [5.41, 5.74) is 4.55. The molecule has 1 heterocycles. The van der Waals surface area contributed by atoms with Gasteiger partial charge in [-0.3, -0.25) is 4.79 Å². The average Bonchev–Trinajstić information content (AvgIpc) is 2.76. The quantitative estimate of drug-likeness (QED) is 0.653. The Morgan fingerprint density at radius 1 is 0.862 bits per heavy atom. The summed E-state index contributed by atoms with van der Waals surface area (Å²) in [6.07, 6.45) is 1.94. The third-order valence-electron chi connectivity index (χ3n) is 5.71. The van der Waals surface area contributed by atoms with Crippen LogP contribution in [0.15, 0.2) is 84.9 Å². The van der Waals surface area contributed by atoms with Crippen molar-refractivity contribution in [1.29, 1.82) is 0 Å². The van der Waals surface area contributed by atoms with Gasteiger partial charge in [-0.05, 0) is 48.6 Å². The number of aryl methyl sites for hydroxylation is 1. The molecule has 0 aromatic heterocycles. The lowest BCUT2D eigenvalue weighted by Gasteiger charge is -2.35. The van der Waals surface area contributed by atoms with E-state index in [0.717, 1.165) is 37.1 Å². The maximum absolute atomic E-state index is 13.5. The number of amides is 1. The van der Waals surface area contributed by atoms with Gasteiger partial charge in [-0.1, -0.05) is 72.8 Å². The first-order valence-corrected chi connectivity index (χ1v) is 10.4. The summed E-state index contributed by atoms with van der Waals surface area (Å²) in [6, 6.07) is 29.2. The van der Waals surface area contributed by atoms with Crippen molar-refractivity contribution in [2.75, 3.05) is 18.4 Å². The molecule has 4 rings (SSSR count). The highest BCUT2D eigenvalue weighted by Gasteiger charge is 2.30. The number of nitrogens with zero attached hydrogens (tertiary/aromatic N) is 1. The van der Waals surface area contributed by atoms with Crippen LogP contribution in [-0.4, -0.2) is 29.9 Å². The maximum atomic E-state index is 13.5. The SMILES string of the molecule is Cc1cccc(NC2CCN(C(=O)C(c3ccccc3)c3ccccc3)CC2)c1. The summed E-state index contributed by atoms with van der Waals surface area (Å²) in [5.74, 6) is -0.0323. The third-order valence-corrected chi connectivity index (χ3v) is 5.71. The summed E-state index contributed by atoms with van der Waals surface area (Å²) < 4.78 is 0. The van der Waals surface area contributed by atoms with Crippen molar-refractivity contribution in [3.63, 3.8) is 0 Å². The first-order valence-electron chi connectivity index (χ1n) is 10.4. The minimum Gasteiger partial charge on any atom is -0.382 e. The Morgan fingerprint density at radius 2 is 1.45 bits per heavy atom. The van der Waals surface area contributed by atoms with Crippen molar-refractivity contribution in [2.45, 2.75) is 31.7 Å². The number of carbonyl (C=O) groups excluding carboxylic acids is 1. The predicted molar refractivity (Wildman–Crippen MR) is 119 cm³/mol. The van der Waals surface area contributed by atoms with Gasteiger partial charge in [-0.2, -0.15) is 0 Å². The molecule has 0 unspecified atom stereocenters. The number of piperidine rings is 1. The van der Waals surface area contributed by atoms with Gasteiger partial charge in [0.15, 0.2) is 0 Å². The molecule has 0 radical (unpaired) electrons. The van der Waals surface area contributed by atoms with Crippen LogP contribution in [0.1, 0.15) is 35.4 Å². The van der Waals surface area contributed by atoms with Gasteiger partial charge >= 0.3 is 0 Å². The van der Waals surface area contributed by atoms with Gasteiger partial charge in [0.2, 0.25) is 5.91 Å². The summed E-state index contributed by atoms with van der Waals surface area (Å²) in [6.45, 7) is 3.69. The Hall–Kier alpha value is -3.07. The first-order chi connectivity index (χ1) is 14.2. The molecule has 0 saturated carbocycles. The van der Waals surface area contributed by atoms with Gasteiger partial charge in [0.25, 0.3) is 0 Å². The van der Waals surface area contributed by atoms with Crippen LogP contribution < -0.4 is 5.32 Å². The fourth-order valence-corrected chi connectivity index (χ4v) is 4.17. The van der Waals surface area contributed by atoms with E-state index in [2.05, 4.69) is 60.8 Å². The molecule has 3 heteroatoms. The van der Waals surface area contributed by atoms with E-state index < -0.39 is 0 Å². The number of hydrogen-bond acceptors (Lipinski definition) is 2. The molecule has 0 aliphatic carbocycles. The normalized spacial score (nSPS) is 14.8. The van der Waals surface area contributed by atoms with E-state index in [1.807, 2.05) is 41.3 Å². The second-order valence-electron chi connectivity index (χ2n) is 7.87. The lowest BCUT2D eigenvalue weighted by Crippen LogP contribution is -2.44. The average molecular weight is 385 g/mol. The Balaban J connectivity index is 1.45. The zero-order valence-corrected chi connectivity index (χ0v) is 16.9. The fourth-order valence-electron chi connectivity index (χ4n) is 4.17. The number of likely N-dealkylation sites (tertiary alicyclic amines) is 1. The molecule has 3 nitrogen and oxygen atoms in total. The van der Waals surface area contributed by atoms with Crippen molar-refractivity contribution in [1.82, 2.24) is 4.90 Å². The van der Waals surface area contributed by atoms with Gasteiger partial charge < -0.3 is 10.2 Å². The monoisotopic (exact) mass is 384 g/mol. The minimum atomic E-state index is -0.237. The van der Waals surface area contributed by atoms with Crippen LogP contribution in [0.3, 0.4) is 0 Å². The lowest BCUT2D eigenvalue weighted by atomic mass is 9.89. The Kier molecular flexibility index (Phi) is 5.95. The molecule has 1 aliphatic heterocycles. The molecule has 1 saturated heterocycles. The maximum Gasteiger partial charge on any atom is 0.234 e. The second kappa shape index (κ2) is 8.95. The first kappa shape index (κ1) is 19.3. The van der Waals surface area contributed by atoms with Crippen molar-refractivity contribution >= 4 is 11.6 Å². The van der Waals surface area contributed by atoms with Gasteiger partial charge in [0, 0.05) is 24.8 Å². The standard InChI is InChI=1S/C26H28N2O/c1-20-9-8-14-24(19-20)27-23-15-17-28(18-16-23)26(29)25(21-10-4-2-5-11-21)22-12-6-3-7-13-22/h2-14,19,23,25,27H,15-18H2,1H3. The van der Waals surface area contributed by atoms with Gasteiger partial charge in [0.05, 0.1) is 5.92 Å². The van der Waals surface area contributed by atoms with Crippen molar-refractivity contribution < 1.29 is 4.79 Å². The zero-order valence-electron chi connectivity index (χ0n) is 16.9. The Labute approximate surface area is 173 Å². The van der Waals surface area contributed by atoms with E-state index in [0.29, 0.717) is 6.04 Å². The van der Waals surface area contributed by atoms with Crippen molar-refractivity contribution in [2.24, 2.45) is 0 Å². The molecule has 3 aromatic rings. The number of hydrogen-bond donors (Lipinski definition) is 1. The molecule has 1 fully saturated rings. The van der Waals surface area contributed by atoms with E-state index in [1.165, 1.54) is 11.3 Å². The molecule has 3 aromatic carbocycles. The highest BCUT2D eigenvalue weighted by molar-refractivity contribution is 5.87. The van der Waals surface area contributed by atoms with Crippen LogP contribution in [0, 0.1) is 6.92 Å². The van der Waals surface area contributed by atoms with E-state index in [4.69, 9.17) is 0 Å². The van der Waals surface area contributed by atoms with E-state index in [-0.39, 0.29) is 11.8 Å². The number of nitrogens with one attached hydrogen (secondary N) is 1.